The Kier molecular flexibility index (Phi) is 9.80. The molecule has 2 aliphatic rings. The first-order chi connectivity index (χ1) is 20.2. The molecule has 1 atom stereocenters. The number of carbonyl (C=O) groups excluding carboxylic acids is 4. The van der Waals surface area contributed by atoms with Gasteiger partial charge in [0.2, 0.25) is 0 Å². The Labute approximate surface area is 240 Å². The van der Waals surface area contributed by atoms with Gasteiger partial charge in [0.1, 0.15) is 5.70 Å². The number of benzene rings is 1. The fraction of sp³-hybridized carbons (Fsp3) is 0.393. The smallest absolute Gasteiger partial charge is 0.422 e. The number of piperidine rings is 1. The highest BCUT2D eigenvalue weighted by atomic mass is 19.2. The number of esters is 1. The number of carbonyl (C=O) groups is 4. The number of hydrogen-bond donors (Lipinski definition) is 1. The van der Waals surface area contributed by atoms with Crippen LogP contribution >= 0.6 is 0 Å². The number of rotatable bonds is 7. The van der Waals surface area contributed by atoms with Crippen LogP contribution in [0.25, 0.3) is 0 Å². The number of pyridine rings is 1. The Balaban J connectivity index is 1.49. The number of urea groups is 2. The van der Waals surface area contributed by atoms with Crippen LogP contribution in [0, 0.1) is 11.6 Å². The number of methoxy groups -OCH3 is 2. The highest BCUT2D eigenvalue weighted by molar-refractivity contribution is 6.08. The number of nitrogens with zero attached hydrogens (tertiary/aromatic N) is 5. The number of likely N-dealkylation sites (tertiary alicyclic amines) is 1. The number of ether oxygens (including phenoxy) is 2. The lowest BCUT2D eigenvalue weighted by Crippen LogP contribution is -2.56. The molecule has 1 N–H and O–H groups in total. The van der Waals surface area contributed by atoms with E-state index in [1.807, 2.05) is 18.2 Å². The van der Waals surface area contributed by atoms with Gasteiger partial charge in [-0.15, -0.1) is 0 Å². The first-order valence-corrected chi connectivity index (χ1v) is 13.3. The average molecular weight is 588 g/mol. The van der Waals surface area contributed by atoms with E-state index >= 15 is 0 Å². The average Bonchev–Trinajstić information content (AvgIpc) is 3.01. The number of hydrogen-bond acceptors (Lipinski definition) is 9. The van der Waals surface area contributed by atoms with E-state index in [1.54, 1.807) is 6.20 Å². The van der Waals surface area contributed by atoms with E-state index in [9.17, 15) is 33.2 Å². The SMILES string of the molecule is COC(=O)C1=CC(c2ccc(F)c(F)c2)N(C(=O)N(O)CCCN2CCC(c3ccccn3)CC2)C(=O)N1C(=O)OC. The molecule has 0 spiro atoms. The predicted molar refractivity (Wildman–Crippen MR) is 142 cm³/mol. The molecule has 224 valence electrons. The first-order valence-electron chi connectivity index (χ1n) is 13.3. The fourth-order valence-electron chi connectivity index (χ4n) is 5.04. The summed E-state index contributed by atoms with van der Waals surface area (Å²) in [6.45, 7) is 1.98. The van der Waals surface area contributed by atoms with E-state index in [-0.39, 0.29) is 17.0 Å². The van der Waals surface area contributed by atoms with Crippen molar-refractivity contribution in [1.29, 1.82) is 0 Å². The molecule has 3 heterocycles. The Hall–Kier alpha value is -4.43. The number of aromatic nitrogens is 1. The van der Waals surface area contributed by atoms with Crippen molar-refractivity contribution in [3.8, 4) is 0 Å². The third-order valence-corrected chi connectivity index (χ3v) is 7.23. The number of imide groups is 2. The van der Waals surface area contributed by atoms with Crippen molar-refractivity contribution in [2.75, 3.05) is 40.4 Å². The summed E-state index contributed by atoms with van der Waals surface area (Å²) in [5.41, 5.74) is 0.342. The molecule has 2 aliphatic heterocycles. The molecule has 1 fully saturated rings. The summed E-state index contributed by atoms with van der Waals surface area (Å²) in [4.78, 5) is 59.1. The molecule has 4 rings (SSSR count). The topological polar surface area (TPSA) is 133 Å². The van der Waals surface area contributed by atoms with Gasteiger partial charge in [0.25, 0.3) is 0 Å². The summed E-state index contributed by atoms with van der Waals surface area (Å²) in [5.74, 6) is -3.22. The van der Waals surface area contributed by atoms with Crippen LogP contribution in [0.1, 0.15) is 42.5 Å². The van der Waals surface area contributed by atoms with Gasteiger partial charge in [-0.25, -0.2) is 37.9 Å². The summed E-state index contributed by atoms with van der Waals surface area (Å²) < 4.78 is 37.1. The highest BCUT2D eigenvalue weighted by Crippen LogP contribution is 2.33. The molecule has 42 heavy (non-hydrogen) atoms. The molecule has 1 unspecified atom stereocenters. The number of hydroxylamine groups is 2. The molecule has 1 aromatic heterocycles. The summed E-state index contributed by atoms with van der Waals surface area (Å²) in [6, 6.07) is 4.35. The fourth-order valence-corrected chi connectivity index (χ4v) is 5.04. The molecule has 0 saturated carbocycles. The minimum atomic E-state index is -1.50. The van der Waals surface area contributed by atoms with Gasteiger partial charge < -0.3 is 14.4 Å². The van der Waals surface area contributed by atoms with E-state index < -0.39 is 47.5 Å². The Morgan fingerprint density at radius 3 is 2.43 bits per heavy atom. The van der Waals surface area contributed by atoms with Crippen LogP contribution in [0.5, 0.6) is 0 Å². The van der Waals surface area contributed by atoms with E-state index in [0.29, 0.717) is 28.8 Å². The van der Waals surface area contributed by atoms with Gasteiger partial charge in [-0.1, -0.05) is 12.1 Å². The molecule has 0 aliphatic carbocycles. The van der Waals surface area contributed by atoms with Crippen LogP contribution in [0.2, 0.25) is 0 Å². The predicted octanol–water partition coefficient (Wildman–Crippen LogP) is 4.04. The van der Waals surface area contributed by atoms with Gasteiger partial charge in [0.05, 0.1) is 26.8 Å². The molecule has 12 nitrogen and oxygen atoms in total. The standard InChI is InChI=1S/C28H31F2N5O7/c1-41-25(36)24-17-23(19-7-8-20(29)21(30)16-19)34(27(38)35(24)28(39)42-2)26(37)33(40)13-5-12-32-14-9-18(10-15-32)22-6-3-4-11-31-22/h3-4,6-8,11,16-18,23,40H,5,9-10,12-15H2,1-2H3. The third kappa shape index (κ3) is 6.55. The maximum Gasteiger partial charge on any atom is 0.422 e. The molecule has 2 aromatic rings. The minimum Gasteiger partial charge on any atom is -0.464 e. The van der Waals surface area contributed by atoms with Crippen LogP contribution < -0.4 is 0 Å². The van der Waals surface area contributed by atoms with Crippen molar-refractivity contribution in [2.45, 2.75) is 31.2 Å². The van der Waals surface area contributed by atoms with Gasteiger partial charge in [0, 0.05) is 17.8 Å². The zero-order valence-electron chi connectivity index (χ0n) is 23.1. The molecular formula is C28H31F2N5O7. The zero-order valence-corrected chi connectivity index (χ0v) is 23.1. The minimum absolute atomic E-state index is 0.106. The van der Waals surface area contributed by atoms with E-state index in [2.05, 4.69) is 19.4 Å². The second kappa shape index (κ2) is 13.5. The van der Waals surface area contributed by atoms with Gasteiger partial charge in [-0.3, -0.25) is 10.2 Å². The first kappa shape index (κ1) is 30.5. The summed E-state index contributed by atoms with van der Waals surface area (Å²) in [7, 11) is 1.96. The number of halogens is 2. The van der Waals surface area contributed by atoms with Gasteiger partial charge >= 0.3 is 24.1 Å². The van der Waals surface area contributed by atoms with Crippen LogP contribution in [0.15, 0.2) is 54.4 Å². The summed E-state index contributed by atoms with van der Waals surface area (Å²) >= 11 is 0. The molecular weight excluding hydrogens is 556 g/mol. The molecule has 1 saturated heterocycles. The van der Waals surface area contributed by atoms with Crippen LogP contribution in [-0.2, 0) is 14.3 Å². The van der Waals surface area contributed by atoms with Gasteiger partial charge in [-0.2, -0.15) is 4.90 Å². The van der Waals surface area contributed by atoms with Gasteiger partial charge in [-0.05, 0) is 74.8 Å². The second-order valence-electron chi connectivity index (χ2n) is 9.75. The maximum absolute atomic E-state index is 14.1. The Bertz CT molecular complexity index is 1350. The van der Waals surface area contributed by atoms with Crippen molar-refractivity contribution in [2.24, 2.45) is 0 Å². The number of amides is 5. The summed E-state index contributed by atoms with van der Waals surface area (Å²) in [6.07, 6.45) is 3.63. The van der Waals surface area contributed by atoms with Gasteiger partial charge in [0.15, 0.2) is 11.6 Å². The zero-order chi connectivity index (χ0) is 30.4. The maximum atomic E-state index is 14.1. The van der Waals surface area contributed by atoms with Crippen molar-refractivity contribution in [3.63, 3.8) is 0 Å². The van der Waals surface area contributed by atoms with E-state index in [4.69, 9.17) is 0 Å². The molecule has 0 bridgehead atoms. The largest absolute Gasteiger partial charge is 0.464 e. The quantitative estimate of drug-likeness (QED) is 0.290. The van der Waals surface area contributed by atoms with Crippen molar-refractivity contribution >= 4 is 24.1 Å². The van der Waals surface area contributed by atoms with E-state index in [0.717, 1.165) is 70.1 Å². The molecule has 14 heteroatoms. The Morgan fingerprint density at radius 1 is 1.07 bits per heavy atom. The summed E-state index contributed by atoms with van der Waals surface area (Å²) in [5, 5.41) is 11.0. The van der Waals surface area contributed by atoms with Crippen LogP contribution in [-0.4, -0.2) is 94.5 Å². The van der Waals surface area contributed by atoms with Crippen LogP contribution in [0.4, 0.5) is 23.2 Å². The van der Waals surface area contributed by atoms with Crippen molar-refractivity contribution in [1.82, 2.24) is 24.7 Å². The lowest BCUT2D eigenvalue weighted by atomic mass is 9.93. The lowest BCUT2D eigenvalue weighted by molar-refractivity contribution is -0.137. The monoisotopic (exact) mass is 587 g/mol. The van der Waals surface area contributed by atoms with Crippen molar-refractivity contribution < 1.29 is 42.6 Å². The van der Waals surface area contributed by atoms with Crippen molar-refractivity contribution in [3.05, 3.63) is 77.3 Å². The third-order valence-electron chi connectivity index (χ3n) is 7.23. The molecule has 1 aromatic carbocycles. The van der Waals surface area contributed by atoms with E-state index in [1.165, 1.54) is 0 Å². The molecule has 5 amide bonds. The Morgan fingerprint density at radius 2 is 1.81 bits per heavy atom. The second-order valence-corrected chi connectivity index (χ2v) is 9.75. The normalized spacial score (nSPS) is 18.0. The highest BCUT2D eigenvalue weighted by Gasteiger charge is 2.46. The lowest BCUT2D eigenvalue weighted by Gasteiger charge is -2.38. The van der Waals surface area contributed by atoms with Crippen LogP contribution in [0.3, 0.4) is 0 Å². The molecule has 0 radical (unpaired) electrons.